The van der Waals surface area contributed by atoms with E-state index in [1.807, 2.05) is 23.1 Å². The second kappa shape index (κ2) is 10.4. The zero-order valence-electron chi connectivity index (χ0n) is 19.1. The number of carbonyl (C=O) groups excluding carboxylic acids is 1. The minimum Gasteiger partial charge on any atom is -0.337 e. The summed E-state index contributed by atoms with van der Waals surface area (Å²) in [4.78, 5) is 17.2. The van der Waals surface area contributed by atoms with Crippen LogP contribution < -0.4 is 4.72 Å². The normalized spacial score (nSPS) is 15.1. The molecule has 1 saturated heterocycles. The van der Waals surface area contributed by atoms with Gasteiger partial charge in [0, 0.05) is 44.0 Å². The van der Waals surface area contributed by atoms with Gasteiger partial charge in [0.2, 0.25) is 0 Å². The zero-order chi connectivity index (χ0) is 24.1. The number of rotatable bonds is 6. The second-order valence-electron chi connectivity index (χ2n) is 8.50. The third kappa shape index (κ3) is 5.81. The summed E-state index contributed by atoms with van der Waals surface area (Å²) in [6, 6.07) is 20.3. The Kier molecular flexibility index (Phi) is 7.29. The smallest absolute Gasteiger partial charge is 0.261 e. The van der Waals surface area contributed by atoms with Crippen molar-refractivity contribution in [3.05, 3.63) is 95.3 Å². The molecule has 0 saturated carbocycles. The summed E-state index contributed by atoms with van der Waals surface area (Å²) in [5, 5.41) is 0. The second-order valence-corrected chi connectivity index (χ2v) is 10.2. The van der Waals surface area contributed by atoms with Gasteiger partial charge in [-0.05, 0) is 66.9 Å². The molecule has 8 heteroatoms. The number of nitrogens with zero attached hydrogens (tertiary/aromatic N) is 2. The van der Waals surface area contributed by atoms with Gasteiger partial charge < -0.3 is 4.90 Å². The lowest BCUT2D eigenvalue weighted by Gasteiger charge is -2.22. The Balaban J connectivity index is 1.37. The minimum atomic E-state index is -3.86. The van der Waals surface area contributed by atoms with E-state index >= 15 is 0 Å². The summed E-state index contributed by atoms with van der Waals surface area (Å²) in [5.41, 5.74) is 2.36. The number of nitrogens with one attached hydrogen (secondary N) is 1. The Hall–Kier alpha value is -3.23. The SMILES string of the molecule is Cc1cc(S(=O)(=O)Nc2ccc(C(=O)N3CCCN(Cc4ccccc4)CC3)cc2)ccc1F. The summed E-state index contributed by atoms with van der Waals surface area (Å²) in [6.45, 7) is 5.44. The molecule has 34 heavy (non-hydrogen) atoms. The van der Waals surface area contributed by atoms with Crippen molar-refractivity contribution in [1.29, 1.82) is 0 Å². The van der Waals surface area contributed by atoms with E-state index in [0.717, 1.165) is 32.1 Å². The predicted octanol–water partition coefficient (Wildman–Crippen LogP) is 4.28. The maximum absolute atomic E-state index is 13.5. The maximum atomic E-state index is 13.5. The van der Waals surface area contributed by atoms with Crippen molar-refractivity contribution >= 4 is 21.6 Å². The van der Waals surface area contributed by atoms with Crippen LogP contribution in [0.5, 0.6) is 0 Å². The third-order valence-corrected chi connectivity index (χ3v) is 7.33. The quantitative estimate of drug-likeness (QED) is 0.571. The molecule has 1 aliphatic rings. The summed E-state index contributed by atoms with van der Waals surface area (Å²) >= 11 is 0. The first-order valence-corrected chi connectivity index (χ1v) is 12.7. The van der Waals surface area contributed by atoms with Gasteiger partial charge >= 0.3 is 0 Å². The van der Waals surface area contributed by atoms with Crippen molar-refractivity contribution in [2.45, 2.75) is 24.8 Å². The molecule has 0 aromatic heterocycles. The number of hydrogen-bond acceptors (Lipinski definition) is 4. The van der Waals surface area contributed by atoms with Gasteiger partial charge in [-0.25, -0.2) is 12.8 Å². The van der Waals surface area contributed by atoms with Gasteiger partial charge in [0.15, 0.2) is 0 Å². The van der Waals surface area contributed by atoms with E-state index in [9.17, 15) is 17.6 Å². The highest BCUT2D eigenvalue weighted by atomic mass is 32.2. The van der Waals surface area contributed by atoms with Gasteiger partial charge in [0.05, 0.1) is 4.90 Å². The Morgan fingerprint density at radius 3 is 2.38 bits per heavy atom. The highest BCUT2D eigenvalue weighted by molar-refractivity contribution is 7.92. The molecule has 6 nitrogen and oxygen atoms in total. The van der Waals surface area contributed by atoms with Gasteiger partial charge in [0.25, 0.3) is 15.9 Å². The van der Waals surface area contributed by atoms with Crippen LogP contribution in [0.25, 0.3) is 0 Å². The van der Waals surface area contributed by atoms with Gasteiger partial charge in [-0.3, -0.25) is 14.4 Å². The summed E-state index contributed by atoms with van der Waals surface area (Å²) < 4.78 is 41.2. The Bertz CT molecular complexity index is 1250. The van der Waals surface area contributed by atoms with Gasteiger partial charge in [-0.2, -0.15) is 0 Å². The van der Waals surface area contributed by atoms with Crippen LogP contribution in [0.3, 0.4) is 0 Å². The molecule has 1 aliphatic heterocycles. The summed E-state index contributed by atoms with van der Waals surface area (Å²) in [5.74, 6) is -0.524. The Morgan fingerprint density at radius 1 is 0.941 bits per heavy atom. The molecule has 0 radical (unpaired) electrons. The molecule has 0 unspecified atom stereocenters. The molecule has 1 N–H and O–H groups in total. The Labute approximate surface area is 200 Å². The van der Waals surface area contributed by atoms with Crippen LogP contribution >= 0.6 is 0 Å². The van der Waals surface area contributed by atoms with Gasteiger partial charge in [-0.1, -0.05) is 30.3 Å². The number of halogens is 1. The number of hydrogen-bond donors (Lipinski definition) is 1. The maximum Gasteiger partial charge on any atom is 0.261 e. The van der Waals surface area contributed by atoms with Crippen molar-refractivity contribution in [2.75, 3.05) is 30.9 Å². The van der Waals surface area contributed by atoms with E-state index in [2.05, 4.69) is 21.8 Å². The molecule has 178 valence electrons. The minimum absolute atomic E-state index is 0.0174. The molecule has 0 bridgehead atoms. The monoisotopic (exact) mass is 481 g/mol. The van der Waals surface area contributed by atoms with Crippen LogP contribution in [0.2, 0.25) is 0 Å². The fourth-order valence-corrected chi connectivity index (χ4v) is 5.18. The van der Waals surface area contributed by atoms with Crippen LogP contribution in [-0.2, 0) is 16.6 Å². The van der Waals surface area contributed by atoms with Crippen molar-refractivity contribution in [2.24, 2.45) is 0 Å². The largest absolute Gasteiger partial charge is 0.337 e. The zero-order valence-corrected chi connectivity index (χ0v) is 19.9. The summed E-state index contributed by atoms with van der Waals surface area (Å²) in [7, 11) is -3.86. The van der Waals surface area contributed by atoms with E-state index in [-0.39, 0.29) is 16.4 Å². The molecule has 3 aromatic rings. The Morgan fingerprint density at radius 2 is 1.68 bits per heavy atom. The number of aryl methyl sites for hydroxylation is 1. The third-order valence-electron chi connectivity index (χ3n) is 5.95. The van der Waals surface area contributed by atoms with Gasteiger partial charge in [0.1, 0.15) is 5.82 Å². The van der Waals surface area contributed by atoms with E-state index < -0.39 is 15.8 Å². The van der Waals surface area contributed by atoms with Crippen molar-refractivity contribution in [1.82, 2.24) is 9.80 Å². The molecule has 0 spiro atoms. The molecule has 1 heterocycles. The fourth-order valence-electron chi connectivity index (χ4n) is 4.04. The standard InChI is InChI=1S/C26H28FN3O3S/c1-20-18-24(12-13-25(20)27)34(32,33)28-23-10-8-22(9-11-23)26(31)30-15-5-14-29(16-17-30)19-21-6-3-2-4-7-21/h2-4,6-13,18,28H,5,14-17,19H2,1H3. The first-order valence-electron chi connectivity index (χ1n) is 11.3. The molecule has 0 aliphatic carbocycles. The van der Waals surface area contributed by atoms with Crippen LogP contribution in [0, 0.1) is 12.7 Å². The van der Waals surface area contributed by atoms with E-state index in [1.54, 1.807) is 24.3 Å². The van der Waals surface area contributed by atoms with Gasteiger partial charge in [-0.15, -0.1) is 0 Å². The topological polar surface area (TPSA) is 69.7 Å². The first kappa shape index (κ1) is 23.9. The fraction of sp³-hybridized carbons (Fsp3) is 0.269. The number of sulfonamides is 1. The number of benzene rings is 3. The van der Waals surface area contributed by atoms with Crippen molar-refractivity contribution < 1.29 is 17.6 Å². The highest BCUT2D eigenvalue weighted by Crippen LogP contribution is 2.20. The highest BCUT2D eigenvalue weighted by Gasteiger charge is 2.21. The van der Waals surface area contributed by atoms with Crippen LogP contribution in [-0.4, -0.2) is 50.3 Å². The molecular formula is C26H28FN3O3S. The molecule has 3 aromatic carbocycles. The lowest BCUT2D eigenvalue weighted by atomic mass is 10.2. The molecule has 1 amide bonds. The van der Waals surface area contributed by atoms with Crippen molar-refractivity contribution in [3.8, 4) is 0 Å². The molecule has 4 rings (SSSR count). The van der Waals surface area contributed by atoms with Crippen LogP contribution in [0.15, 0.2) is 77.7 Å². The first-order chi connectivity index (χ1) is 16.3. The van der Waals surface area contributed by atoms with Crippen molar-refractivity contribution in [3.63, 3.8) is 0 Å². The predicted molar refractivity (Wildman–Crippen MR) is 131 cm³/mol. The average Bonchev–Trinajstić information content (AvgIpc) is 3.07. The van der Waals surface area contributed by atoms with E-state index in [0.29, 0.717) is 24.3 Å². The average molecular weight is 482 g/mol. The van der Waals surface area contributed by atoms with E-state index in [1.165, 1.54) is 24.6 Å². The number of carbonyl (C=O) groups is 1. The lowest BCUT2D eigenvalue weighted by molar-refractivity contribution is 0.0761. The lowest BCUT2D eigenvalue weighted by Crippen LogP contribution is -2.35. The molecule has 1 fully saturated rings. The molecule has 0 atom stereocenters. The number of amides is 1. The van der Waals surface area contributed by atoms with Crippen LogP contribution in [0.4, 0.5) is 10.1 Å². The van der Waals surface area contributed by atoms with Crippen LogP contribution in [0.1, 0.15) is 27.9 Å². The number of anilines is 1. The summed E-state index contributed by atoms with van der Waals surface area (Å²) in [6.07, 6.45) is 0.896. The van der Waals surface area contributed by atoms with E-state index in [4.69, 9.17) is 0 Å². The molecular weight excluding hydrogens is 453 g/mol.